The van der Waals surface area contributed by atoms with Crippen molar-refractivity contribution in [3.05, 3.63) is 65.9 Å². The van der Waals surface area contributed by atoms with Crippen molar-refractivity contribution in [3.63, 3.8) is 0 Å². The second-order valence-corrected chi connectivity index (χ2v) is 10.2. The Bertz CT molecular complexity index is 1490. The summed E-state index contributed by atoms with van der Waals surface area (Å²) in [5.74, 6) is 2.00. The van der Waals surface area contributed by atoms with Gasteiger partial charge in [0.25, 0.3) is 0 Å². The van der Waals surface area contributed by atoms with Crippen molar-refractivity contribution in [2.24, 2.45) is 0 Å². The molecular weight excluding hydrogens is 452 g/mol. The molecule has 0 radical (unpaired) electrons. The summed E-state index contributed by atoms with van der Waals surface area (Å²) in [6.45, 7) is 4.10. The van der Waals surface area contributed by atoms with Gasteiger partial charge in [0.05, 0.1) is 18.0 Å². The molecule has 182 valence electrons. The van der Waals surface area contributed by atoms with Crippen LogP contribution in [0.5, 0.6) is 5.75 Å². The highest BCUT2D eigenvalue weighted by atomic mass is 16.5. The molecule has 2 aromatic carbocycles. The Balaban J connectivity index is 1.16. The van der Waals surface area contributed by atoms with Crippen LogP contribution in [0.1, 0.15) is 23.5 Å². The molecule has 8 heteroatoms. The Labute approximate surface area is 209 Å². The van der Waals surface area contributed by atoms with Crippen molar-refractivity contribution in [2.45, 2.75) is 17.8 Å². The van der Waals surface area contributed by atoms with Gasteiger partial charge in [-0.1, -0.05) is 12.1 Å². The van der Waals surface area contributed by atoms with Crippen LogP contribution in [-0.2, 0) is 10.2 Å². The van der Waals surface area contributed by atoms with E-state index in [1.807, 2.05) is 24.4 Å². The molecule has 3 aliphatic rings. The van der Waals surface area contributed by atoms with Gasteiger partial charge in [-0.05, 0) is 61.0 Å². The fraction of sp³-hybridized carbons (Fsp3) is 0.321. The highest BCUT2D eigenvalue weighted by Gasteiger charge is 2.65. The zero-order valence-electron chi connectivity index (χ0n) is 20.4. The molecule has 7 rings (SSSR count). The van der Waals surface area contributed by atoms with E-state index in [0.29, 0.717) is 0 Å². The highest BCUT2D eigenvalue weighted by Crippen LogP contribution is 2.65. The Kier molecular flexibility index (Phi) is 4.63. The lowest BCUT2D eigenvalue weighted by Crippen LogP contribution is -2.44. The van der Waals surface area contributed by atoms with Crippen molar-refractivity contribution < 1.29 is 9.53 Å². The molecule has 1 amide bonds. The third kappa shape index (κ3) is 3.14. The quantitative estimate of drug-likeness (QED) is 0.463. The number of likely N-dealkylation sites (N-methyl/N-ethyl adjacent to an activating group) is 1. The van der Waals surface area contributed by atoms with Crippen LogP contribution in [0, 0.1) is 0 Å². The number of H-pyrrole nitrogens is 1. The molecule has 0 bridgehead atoms. The summed E-state index contributed by atoms with van der Waals surface area (Å²) in [7, 11) is 3.81. The molecule has 8 nitrogen and oxygen atoms in total. The molecule has 2 atom stereocenters. The molecule has 4 aromatic rings. The summed E-state index contributed by atoms with van der Waals surface area (Å²) in [6.07, 6.45) is 2.71. The van der Waals surface area contributed by atoms with Crippen LogP contribution in [0.2, 0.25) is 0 Å². The maximum Gasteiger partial charge on any atom is 0.235 e. The molecule has 2 aliphatic heterocycles. The van der Waals surface area contributed by atoms with E-state index in [9.17, 15) is 4.79 Å². The molecule has 1 spiro atoms. The number of nitrogens with zero attached hydrogens (tertiary/aromatic N) is 4. The van der Waals surface area contributed by atoms with Gasteiger partial charge >= 0.3 is 0 Å². The molecule has 2 N–H and O–H groups in total. The number of carbonyl (C=O) groups is 1. The van der Waals surface area contributed by atoms with E-state index in [0.717, 1.165) is 83.1 Å². The minimum absolute atomic E-state index is 0.0765. The normalized spacial score (nSPS) is 23.2. The molecule has 36 heavy (non-hydrogen) atoms. The van der Waals surface area contributed by atoms with Crippen LogP contribution in [0.25, 0.3) is 22.2 Å². The van der Waals surface area contributed by atoms with Gasteiger partial charge in [-0.25, -0.2) is 4.98 Å². The average molecular weight is 481 g/mol. The van der Waals surface area contributed by atoms with Crippen molar-refractivity contribution >= 4 is 28.3 Å². The van der Waals surface area contributed by atoms with E-state index in [2.05, 4.69) is 62.7 Å². The van der Waals surface area contributed by atoms with Gasteiger partial charge in [-0.15, -0.1) is 0 Å². The largest absolute Gasteiger partial charge is 0.497 e. The van der Waals surface area contributed by atoms with Gasteiger partial charge in [0.1, 0.15) is 17.3 Å². The van der Waals surface area contributed by atoms with Crippen LogP contribution >= 0.6 is 0 Å². The number of benzene rings is 2. The van der Waals surface area contributed by atoms with Crippen LogP contribution < -0.4 is 15.0 Å². The van der Waals surface area contributed by atoms with Gasteiger partial charge in [0.2, 0.25) is 5.91 Å². The van der Waals surface area contributed by atoms with Gasteiger partial charge < -0.3 is 19.9 Å². The predicted octanol–water partition coefficient (Wildman–Crippen LogP) is 3.76. The Morgan fingerprint density at radius 3 is 2.69 bits per heavy atom. The zero-order chi connectivity index (χ0) is 24.4. The number of amides is 1. The third-order valence-electron chi connectivity index (χ3n) is 8.16. The van der Waals surface area contributed by atoms with Crippen LogP contribution in [0.15, 0.2) is 54.7 Å². The van der Waals surface area contributed by atoms with Gasteiger partial charge in [0.15, 0.2) is 0 Å². The van der Waals surface area contributed by atoms with Crippen molar-refractivity contribution in [1.82, 2.24) is 20.1 Å². The van der Waals surface area contributed by atoms with E-state index in [1.54, 1.807) is 7.11 Å². The topological polar surface area (TPSA) is 86.4 Å². The van der Waals surface area contributed by atoms with Crippen LogP contribution in [-0.4, -0.2) is 66.3 Å². The summed E-state index contributed by atoms with van der Waals surface area (Å²) in [5.41, 5.74) is 5.42. The summed E-state index contributed by atoms with van der Waals surface area (Å²) >= 11 is 0. The van der Waals surface area contributed by atoms with Gasteiger partial charge in [-0.3, -0.25) is 9.89 Å². The van der Waals surface area contributed by atoms with E-state index in [1.165, 1.54) is 0 Å². The number of carbonyl (C=O) groups excluding carboxylic acids is 1. The average Bonchev–Trinajstić information content (AvgIpc) is 3.44. The second-order valence-electron chi connectivity index (χ2n) is 10.2. The number of ether oxygens (including phenoxy) is 1. The molecular formula is C28H28N6O2. The summed E-state index contributed by atoms with van der Waals surface area (Å²) in [6, 6.07) is 16.4. The minimum Gasteiger partial charge on any atom is -0.497 e. The molecule has 2 fully saturated rings. The second kappa shape index (κ2) is 7.80. The number of piperazine rings is 1. The first-order valence-electron chi connectivity index (χ1n) is 12.4. The van der Waals surface area contributed by atoms with Crippen molar-refractivity contribution in [2.75, 3.05) is 50.6 Å². The number of pyridine rings is 1. The number of rotatable bonds is 4. The van der Waals surface area contributed by atoms with E-state index in [-0.39, 0.29) is 11.8 Å². The highest BCUT2D eigenvalue weighted by molar-refractivity contribution is 6.10. The molecule has 1 saturated carbocycles. The number of fused-ring (bicyclic) bond motifs is 3. The maximum absolute atomic E-state index is 13.0. The number of aromatic amines is 1. The third-order valence-corrected chi connectivity index (χ3v) is 8.16. The number of aromatic nitrogens is 3. The zero-order valence-corrected chi connectivity index (χ0v) is 20.4. The standard InChI is InChI=1S/C28H28N6O2/c1-33-9-11-34(12-10-33)25-8-4-18(16-29-25)26-20-6-3-17(13-24(20)31-32-26)22-15-28(22)21-14-19(36-2)5-7-23(21)30-27(28)35/h3-8,13-14,16,22H,9-12,15H2,1-2H3,(H,30,35)(H,31,32). The smallest absolute Gasteiger partial charge is 0.235 e. The molecule has 2 aromatic heterocycles. The predicted molar refractivity (Wildman–Crippen MR) is 140 cm³/mol. The fourth-order valence-corrected chi connectivity index (χ4v) is 5.92. The molecule has 1 saturated heterocycles. The molecule has 2 unspecified atom stereocenters. The molecule has 4 heterocycles. The lowest BCUT2D eigenvalue weighted by atomic mass is 9.91. The van der Waals surface area contributed by atoms with Crippen LogP contribution in [0.3, 0.4) is 0 Å². The first-order valence-corrected chi connectivity index (χ1v) is 12.4. The van der Waals surface area contributed by atoms with Gasteiger partial charge in [-0.2, -0.15) is 5.10 Å². The number of nitrogens with one attached hydrogen (secondary N) is 2. The first-order chi connectivity index (χ1) is 17.6. The van der Waals surface area contributed by atoms with Gasteiger partial charge in [0, 0.05) is 54.9 Å². The van der Waals surface area contributed by atoms with Crippen LogP contribution in [0.4, 0.5) is 11.5 Å². The van der Waals surface area contributed by atoms with E-state index >= 15 is 0 Å². The SMILES string of the molecule is COc1ccc2c(c1)C1(CC1c1ccc3c(-c4ccc(N5CCN(C)CC5)nc4)n[nH]c3c1)C(=O)N2. The Hall–Kier alpha value is -3.91. The molecule has 1 aliphatic carbocycles. The number of anilines is 2. The first kappa shape index (κ1) is 21.4. The summed E-state index contributed by atoms with van der Waals surface area (Å²) in [5, 5.41) is 11.9. The Morgan fingerprint density at radius 1 is 1.06 bits per heavy atom. The fourth-order valence-electron chi connectivity index (χ4n) is 5.92. The van der Waals surface area contributed by atoms with E-state index in [4.69, 9.17) is 9.72 Å². The minimum atomic E-state index is -0.511. The van der Waals surface area contributed by atoms with Crippen molar-refractivity contribution in [3.8, 4) is 17.0 Å². The summed E-state index contributed by atoms with van der Waals surface area (Å²) < 4.78 is 5.42. The lowest BCUT2D eigenvalue weighted by molar-refractivity contribution is -0.118. The van der Waals surface area contributed by atoms with Crippen molar-refractivity contribution in [1.29, 1.82) is 0 Å². The monoisotopic (exact) mass is 480 g/mol. The maximum atomic E-state index is 13.0. The van der Waals surface area contributed by atoms with E-state index < -0.39 is 5.41 Å². The Morgan fingerprint density at radius 2 is 1.92 bits per heavy atom. The number of hydrogen-bond acceptors (Lipinski definition) is 6. The summed E-state index contributed by atoms with van der Waals surface area (Å²) in [4.78, 5) is 22.4. The number of hydrogen-bond donors (Lipinski definition) is 2. The number of methoxy groups -OCH3 is 1. The lowest BCUT2D eigenvalue weighted by Gasteiger charge is -2.33.